The Morgan fingerprint density at radius 2 is 2.22 bits per heavy atom. The third-order valence-corrected chi connectivity index (χ3v) is 4.69. The van der Waals surface area contributed by atoms with Crippen molar-refractivity contribution < 1.29 is 4.74 Å². The van der Waals surface area contributed by atoms with Gasteiger partial charge >= 0.3 is 0 Å². The van der Waals surface area contributed by atoms with Crippen LogP contribution in [-0.4, -0.2) is 32.3 Å². The van der Waals surface area contributed by atoms with E-state index < -0.39 is 0 Å². The largest absolute Gasteiger partial charge is 0.378 e. The highest BCUT2D eigenvalue weighted by Gasteiger charge is 2.12. The van der Waals surface area contributed by atoms with Crippen molar-refractivity contribution in [1.82, 2.24) is 10.6 Å². The molecule has 18 heavy (non-hydrogen) atoms. The molecule has 0 radical (unpaired) electrons. The smallest absolute Gasteiger partial charge is 0.0701 e. The molecule has 0 aliphatic carbocycles. The van der Waals surface area contributed by atoms with E-state index in [1.54, 1.807) is 11.3 Å². The number of piperidine rings is 1. The Morgan fingerprint density at radius 1 is 1.39 bits per heavy atom. The van der Waals surface area contributed by atoms with Crippen LogP contribution in [0.4, 0.5) is 0 Å². The van der Waals surface area contributed by atoms with E-state index in [0.29, 0.717) is 6.10 Å². The van der Waals surface area contributed by atoms with Gasteiger partial charge in [0.1, 0.15) is 0 Å². The molecule has 5 heteroatoms. The zero-order valence-corrected chi connectivity index (χ0v) is 13.0. The molecule has 102 valence electrons. The number of halogens is 1. The van der Waals surface area contributed by atoms with Gasteiger partial charge in [0.15, 0.2) is 0 Å². The van der Waals surface area contributed by atoms with Crippen LogP contribution in [0.2, 0.25) is 0 Å². The summed E-state index contributed by atoms with van der Waals surface area (Å²) in [5, 5.41) is 6.80. The fraction of sp³-hybridized carbons (Fsp3) is 0.692. The molecule has 1 aromatic rings. The Hall–Kier alpha value is 0.0600. The first-order valence-corrected chi connectivity index (χ1v) is 8.23. The second-order valence-electron chi connectivity index (χ2n) is 4.56. The van der Waals surface area contributed by atoms with Crippen LogP contribution in [0.1, 0.15) is 24.1 Å². The Bertz CT molecular complexity index is 339. The highest BCUT2D eigenvalue weighted by atomic mass is 79.9. The lowest BCUT2D eigenvalue weighted by molar-refractivity contribution is 0.0317. The van der Waals surface area contributed by atoms with E-state index in [9.17, 15) is 0 Å². The van der Waals surface area contributed by atoms with E-state index in [4.69, 9.17) is 4.74 Å². The second kappa shape index (κ2) is 8.27. The SMILES string of the molecule is Brc1ccc(CNCCCOC2CCNCC2)s1. The molecule has 2 rings (SSSR count). The van der Waals surface area contributed by atoms with Crippen LogP contribution in [-0.2, 0) is 11.3 Å². The minimum Gasteiger partial charge on any atom is -0.378 e. The quantitative estimate of drug-likeness (QED) is 0.753. The molecule has 0 spiro atoms. The molecule has 1 fully saturated rings. The second-order valence-corrected chi connectivity index (χ2v) is 7.10. The van der Waals surface area contributed by atoms with E-state index in [0.717, 1.165) is 52.0 Å². The fourth-order valence-corrected chi connectivity index (χ4v) is 3.52. The summed E-state index contributed by atoms with van der Waals surface area (Å²) in [6, 6.07) is 4.26. The molecule has 1 aromatic heterocycles. The van der Waals surface area contributed by atoms with Gasteiger partial charge in [-0.25, -0.2) is 0 Å². The summed E-state index contributed by atoms with van der Waals surface area (Å²) in [5.74, 6) is 0. The van der Waals surface area contributed by atoms with E-state index in [2.05, 4.69) is 38.7 Å². The lowest BCUT2D eigenvalue weighted by Crippen LogP contribution is -2.32. The van der Waals surface area contributed by atoms with E-state index >= 15 is 0 Å². The fourth-order valence-electron chi connectivity index (χ4n) is 2.07. The molecule has 0 amide bonds. The lowest BCUT2D eigenvalue weighted by atomic mass is 10.1. The highest BCUT2D eigenvalue weighted by Crippen LogP contribution is 2.21. The van der Waals surface area contributed by atoms with Crippen molar-refractivity contribution in [2.45, 2.75) is 31.9 Å². The van der Waals surface area contributed by atoms with Crippen molar-refractivity contribution in [1.29, 1.82) is 0 Å². The van der Waals surface area contributed by atoms with Gasteiger partial charge in [-0.3, -0.25) is 0 Å². The number of hydrogen-bond donors (Lipinski definition) is 2. The zero-order valence-electron chi connectivity index (χ0n) is 10.6. The third kappa shape index (κ3) is 5.36. The Labute approximate surface area is 121 Å². The highest BCUT2D eigenvalue weighted by molar-refractivity contribution is 9.11. The Balaban J connectivity index is 1.46. The number of rotatable bonds is 7. The number of ether oxygens (including phenoxy) is 1. The van der Waals surface area contributed by atoms with E-state index in [1.807, 2.05) is 0 Å². The summed E-state index contributed by atoms with van der Waals surface area (Å²) in [7, 11) is 0. The molecule has 0 bridgehead atoms. The van der Waals surface area contributed by atoms with Crippen molar-refractivity contribution in [3.63, 3.8) is 0 Å². The lowest BCUT2D eigenvalue weighted by Gasteiger charge is -2.22. The molecule has 0 atom stereocenters. The van der Waals surface area contributed by atoms with Crippen molar-refractivity contribution in [2.24, 2.45) is 0 Å². The van der Waals surface area contributed by atoms with Crippen LogP contribution in [0.5, 0.6) is 0 Å². The molecule has 0 unspecified atom stereocenters. The van der Waals surface area contributed by atoms with Crippen molar-refractivity contribution in [3.05, 3.63) is 20.8 Å². The molecule has 1 saturated heterocycles. The zero-order chi connectivity index (χ0) is 12.6. The van der Waals surface area contributed by atoms with Crippen LogP contribution < -0.4 is 10.6 Å². The number of thiophene rings is 1. The molecule has 2 heterocycles. The molecule has 0 saturated carbocycles. The molecular weight excluding hydrogens is 312 g/mol. The average molecular weight is 333 g/mol. The maximum atomic E-state index is 5.85. The molecule has 0 aromatic carbocycles. The minimum atomic E-state index is 0.486. The normalized spacial score (nSPS) is 17.2. The summed E-state index contributed by atoms with van der Waals surface area (Å²) in [6.45, 7) is 5.09. The standard InChI is InChI=1S/C13H21BrN2OS/c14-13-3-2-12(18-13)10-16-6-1-9-17-11-4-7-15-8-5-11/h2-3,11,15-16H,1,4-10H2. The predicted octanol–water partition coefficient (Wildman–Crippen LogP) is 2.76. The maximum Gasteiger partial charge on any atom is 0.0701 e. The van der Waals surface area contributed by atoms with Crippen LogP contribution in [0, 0.1) is 0 Å². The Morgan fingerprint density at radius 3 is 2.94 bits per heavy atom. The van der Waals surface area contributed by atoms with Crippen molar-refractivity contribution in [2.75, 3.05) is 26.2 Å². The van der Waals surface area contributed by atoms with Gasteiger partial charge in [0.25, 0.3) is 0 Å². The monoisotopic (exact) mass is 332 g/mol. The molecule has 1 aliphatic heterocycles. The van der Waals surface area contributed by atoms with Crippen LogP contribution in [0.25, 0.3) is 0 Å². The van der Waals surface area contributed by atoms with E-state index in [1.165, 1.54) is 8.66 Å². The van der Waals surface area contributed by atoms with Crippen molar-refractivity contribution >= 4 is 27.3 Å². The molecule has 3 nitrogen and oxygen atoms in total. The van der Waals surface area contributed by atoms with Gasteiger partial charge in [-0.1, -0.05) is 0 Å². The number of hydrogen-bond acceptors (Lipinski definition) is 4. The van der Waals surface area contributed by atoms with Crippen LogP contribution in [0.3, 0.4) is 0 Å². The van der Waals surface area contributed by atoms with Gasteiger partial charge in [0.2, 0.25) is 0 Å². The van der Waals surface area contributed by atoms with Gasteiger partial charge < -0.3 is 15.4 Å². The molecular formula is C13H21BrN2OS. The molecule has 1 aliphatic rings. The maximum absolute atomic E-state index is 5.85. The summed E-state index contributed by atoms with van der Waals surface area (Å²) >= 11 is 5.27. The van der Waals surface area contributed by atoms with E-state index in [-0.39, 0.29) is 0 Å². The molecule has 2 N–H and O–H groups in total. The average Bonchev–Trinajstić information content (AvgIpc) is 2.81. The summed E-state index contributed by atoms with van der Waals surface area (Å²) < 4.78 is 7.06. The van der Waals surface area contributed by atoms with Crippen molar-refractivity contribution in [3.8, 4) is 0 Å². The van der Waals surface area contributed by atoms with Gasteiger partial charge in [0.05, 0.1) is 9.89 Å². The summed E-state index contributed by atoms with van der Waals surface area (Å²) in [5.41, 5.74) is 0. The van der Waals surface area contributed by atoms with Gasteiger partial charge in [0, 0.05) is 18.0 Å². The predicted molar refractivity (Wildman–Crippen MR) is 80.2 cm³/mol. The van der Waals surface area contributed by atoms with Gasteiger partial charge in [-0.2, -0.15) is 0 Å². The van der Waals surface area contributed by atoms with Gasteiger partial charge in [-0.05, 0) is 67.0 Å². The topological polar surface area (TPSA) is 33.3 Å². The minimum absolute atomic E-state index is 0.486. The third-order valence-electron chi connectivity index (χ3n) is 3.07. The van der Waals surface area contributed by atoms with Gasteiger partial charge in [-0.15, -0.1) is 11.3 Å². The summed E-state index contributed by atoms with van der Waals surface area (Å²) in [6.07, 6.45) is 3.91. The number of nitrogens with one attached hydrogen (secondary N) is 2. The first kappa shape index (κ1) is 14.5. The van der Waals surface area contributed by atoms with Crippen LogP contribution in [0.15, 0.2) is 15.9 Å². The first-order chi connectivity index (χ1) is 8.84. The Kier molecular flexibility index (Phi) is 6.65. The first-order valence-electron chi connectivity index (χ1n) is 6.62. The van der Waals surface area contributed by atoms with Crippen LogP contribution >= 0.6 is 27.3 Å². The summed E-state index contributed by atoms with van der Waals surface area (Å²) in [4.78, 5) is 1.38.